The fourth-order valence-corrected chi connectivity index (χ4v) is 3.55. The highest BCUT2D eigenvalue weighted by Gasteiger charge is 2.16. The van der Waals surface area contributed by atoms with Crippen LogP contribution in [0, 0.1) is 0 Å². The van der Waals surface area contributed by atoms with Crippen LogP contribution in [0.1, 0.15) is 36.7 Å². The Kier molecular flexibility index (Phi) is 7.02. The molecular weight excluding hydrogens is 434 g/mol. The first-order valence-electron chi connectivity index (χ1n) is 9.57. The fourth-order valence-electron chi connectivity index (χ4n) is 2.71. The van der Waals surface area contributed by atoms with E-state index in [1.54, 1.807) is 24.3 Å². The number of carbonyl (C=O) groups is 1. The average Bonchev–Trinajstić information content (AvgIpc) is 3.10. The Morgan fingerprint density at radius 1 is 1.13 bits per heavy atom. The Hall–Kier alpha value is -2.84. The van der Waals surface area contributed by atoms with E-state index in [1.165, 1.54) is 17.3 Å². The van der Waals surface area contributed by atoms with Crippen molar-refractivity contribution < 1.29 is 9.63 Å². The molecule has 9 heteroatoms. The van der Waals surface area contributed by atoms with Crippen molar-refractivity contribution in [2.24, 2.45) is 17.9 Å². The van der Waals surface area contributed by atoms with Gasteiger partial charge in [0, 0.05) is 17.6 Å². The molecule has 0 amide bonds. The van der Waals surface area contributed by atoms with Gasteiger partial charge in [-0.15, -0.1) is 10.2 Å². The molecule has 1 heterocycles. The molecule has 0 atom stereocenters. The zero-order valence-electron chi connectivity index (χ0n) is 17.8. The van der Waals surface area contributed by atoms with Crippen LogP contribution < -0.4 is 5.73 Å². The van der Waals surface area contributed by atoms with Crippen LogP contribution in [0.15, 0.2) is 58.8 Å². The van der Waals surface area contributed by atoms with E-state index in [1.807, 2.05) is 23.7 Å². The molecule has 3 aromatic rings. The van der Waals surface area contributed by atoms with Gasteiger partial charge in [0.1, 0.15) is 0 Å². The van der Waals surface area contributed by atoms with Crippen LogP contribution in [0.4, 0.5) is 0 Å². The molecule has 0 aliphatic rings. The molecule has 0 saturated carbocycles. The summed E-state index contributed by atoms with van der Waals surface area (Å²) in [5, 5.41) is 13.4. The van der Waals surface area contributed by atoms with Gasteiger partial charge in [-0.05, 0) is 35.2 Å². The van der Waals surface area contributed by atoms with Gasteiger partial charge in [-0.3, -0.25) is 0 Å². The Bertz CT molecular complexity index is 1090. The molecule has 2 aromatic carbocycles. The van der Waals surface area contributed by atoms with Crippen LogP contribution in [-0.4, -0.2) is 32.3 Å². The maximum atomic E-state index is 12.0. The Labute approximate surface area is 190 Å². The van der Waals surface area contributed by atoms with E-state index < -0.39 is 5.97 Å². The van der Waals surface area contributed by atoms with E-state index in [-0.39, 0.29) is 11.3 Å². The molecule has 162 valence electrons. The first-order chi connectivity index (χ1) is 14.6. The summed E-state index contributed by atoms with van der Waals surface area (Å²) >= 11 is 7.16. The minimum Gasteiger partial charge on any atom is -0.384 e. The molecule has 0 aliphatic carbocycles. The number of benzene rings is 2. The summed E-state index contributed by atoms with van der Waals surface area (Å²) in [7, 11) is 1.89. The fraction of sp³-hybridized carbons (Fsp3) is 0.273. The van der Waals surface area contributed by atoms with Crippen LogP contribution in [-0.2, 0) is 17.3 Å². The van der Waals surface area contributed by atoms with E-state index in [0.29, 0.717) is 21.5 Å². The molecule has 3 rings (SSSR count). The van der Waals surface area contributed by atoms with Crippen LogP contribution in [0.2, 0.25) is 5.02 Å². The standard InChI is InChI=1S/C22H24ClN5O2S/c1-22(2,3)16-9-5-14(6-10-16)19-25-26-21(28(19)4)31-13-18(24)27-30-20(29)15-7-11-17(23)12-8-15/h5-12H,13H2,1-4H3,(H2,24,27). The number of nitrogens with zero attached hydrogens (tertiary/aromatic N) is 4. The molecule has 0 fully saturated rings. The van der Waals surface area contributed by atoms with Gasteiger partial charge >= 0.3 is 5.97 Å². The summed E-state index contributed by atoms with van der Waals surface area (Å²) in [4.78, 5) is 16.9. The number of rotatable bonds is 6. The van der Waals surface area contributed by atoms with Crippen molar-refractivity contribution in [3.05, 3.63) is 64.7 Å². The highest BCUT2D eigenvalue weighted by atomic mass is 35.5. The highest BCUT2D eigenvalue weighted by molar-refractivity contribution is 7.99. The first-order valence-corrected chi connectivity index (χ1v) is 10.9. The largest absolute Gasteiger partial charge is 0.384 e. The lowest BCUT2D eigenvalue weighted by molar-refractivity contribution is 0.0515. The summed E-state index contributed by atoms with van der Waals surface area (Å²) in [5.74, 6) is 0.603. The summed E-state index contributed by atoms with van der Waals surface area (Å²) in [6, 6.07) is 14.6. The van der Waals surface area contributed by atoms with Gasteiger partial charge in [0.15, 0.2) is 16.8 Å². The molecule has 0 unspecified atom stereocenters. The van der Waals surface area contributed by atoms with Crippen molar-refractivity contribution in [2.75, 3.05) is 5.75 Å². The van der Waals surface area contributed by atoms with E-state index in [9.17, 15) is 4.79 Å². The second-order valence-electron chi connectivity index (χ2n) is 7.95. The van der Waals surface area contributed by atoms with Crippen LogP contribution in [0.5, 0.6) is 0 Å². The number of carbonyl (C=O) groups excluding carboxylic acids is 1. The van der Waals surface area contributed by atoms with Crippen molar-refractivity contribution in [3.63, 3.8) is 0 Å². The predicted molar refractivity (Wildman–Crippen MR) is 124 cm³/mol. The van der Waals surface area contributed by atoms with E-state index >= 15 is 0 Å². The number of oxime groups is 1. The van der Waals surface area contributed by atoms with Gasteiger partial charge in [0.05, 0.1) is 11.3 Å². The third-order valence-electron chi connectivity index (χ3n) is 4.52. The number of nitrogens with two attached hydrogens (primary N) is 1. The Morgan fingerprint density at radius 3 is 2.39 bits per heavy atom. The SMILES string of the molecule is Cn1c(SC/C(N)=N\OC(=O)c2ccc(Cl)cc2)nnc1-c1ccc(C(C)(C)C)cc1. The Morgan fingerprint density at radius 2 is 1.77 bits per heavy atom. The quantitative estimate of drug-likeness (QED) is 0.190. The zero-order valence-corrected chi connectivity index (χ0v) is 19.4. The molecule has 0 aliphatic heterocycles. The topological polar surface area (TPSA) is 95.4 Å². The molecule has 0 spiro atoms. The summed E-state index contributed by atoms with van der Waals surface area (Å²) < 4.78 is 1.89. The monoisotopic (exact) mass is 457 g/mol. The second kappa shape index (κ2) is 9.53. The minimum absolute atomic E-state index is 0.0906. The molecule has 31 heavy (non-hydrogen) atoms. The average molecular weight is 458 g/mol. The molecule has 1 aromatic heterocycles. The van der Waals surface area contributed by atoms with Crippen molar-refractivity contribution >= 4 is 35.2 Å². The number of hydrogen-bond donors (Lipinski definition) is 1. The number of hydrogen-bond acceptors (Lipinski definition) is 6. The number of amidine groups is 1. The highest BCUT2D eigenvalue weighted by Crippen LogP contribution is 2.27. The molecule has 0 bridgehead atoms. The van der Waals surface area contributed by atoms with Crippen molar-refractivity contribution in [2.45, 2.75) is 31.3 Å². The molecule has 2 N–H and O–H groups in total. The van der Waals surface area contributed by atoms with E-state index in [2.05, 4.69) is 48.3 Å². The summed E-state index contributed by atoms with van der Waals surface area (Å²) in [5.41, 5.74) is 8.53. The third kappa shape index (κ3) is 5.86. The Balaban J connectivity index is 1.61. The van der Waals surface area contributed by atoms with Crippen LogP contribution >= 0.6 is 23.4 Å². The lowest BCUT2D eigenvalue weighted by Crippen LogP contribution is -2.17. The van der Waals surface area contributed by atoms with Gasteiger partial charge in [0.25, 0.3) is 0 Å². The third-order valence-corrected chi connectivity index (χ3v) is 5.82. The second-order valence-corrected chi connectivity index (χ2v) is 9.33. The number of thioether (sulfide) groups is 1. The normalized spacial score (nSPS) is 12.1. The van der Waals surface area contributed by atoms with E-state index in [4.69, 9.17) is 22.2 Å². The van der Waals surface area contributed by atoms with Gasteiger partial charge in [0.2, 0.25) is 0 Å². The lowest BCUT2D eigenvalue weighted by Gasteiger charge is -2.19. The summed E-state index contributed by atoms with van der Waals surface area (Å²) in [6.07, 6.45) is 0. The van der Waals surface area contributed by atoms with Gasteiger partial charge in [-0.1, -0.05) is 73.6 Å². The van der Waals surface area contributed by atoms with Crippen molar-refractivity contribution in [1.29, 1.82) is 0 Å². The predicted octanol–water partition coefficient (Wildman–Crippen LogP) is 4.65. The summed E-state index contributed by atoms with van der Waals surface area (Å²) in [6.45, 7) is 6.54. The zero-order chi connectivity index (χ0) is 22.6. The van der Waals surface area contributed by atoms with Gasteiger partial charge in [-0.2, -0.15) is 0 Å². The van der Waals surface area contributed by atoms with Crippen LogP contribution in [0.25, 0.3) is 11.4 Å². The maximum Gasteiger partial charge on any atom is 0.365 e. The number of aromatic nitrogens is 3. The number of halogens is 1. The molecular formula is C22H24ClN5O2S. The molecule has 7 nitrogen and oxygen atoms in total. The van der Waals surface area contributed by atoms with Crippen molar-refractivity contribution in [3.8, 4) is 11.4 Å². The van der Waals surface area contributed by atoms with Gasteiger partial charge < -0.3 is 15.1 Å². The van der Waals surface area contributed by atoms with Gasteiger partial charge in [-0.25, -0.2) is 4.79 Å². The lowest BCUT2D eigenvalue weighted by atomic mass is 9.87. The van der Waals surface area contributed by atoms with Crippen LogP contribution in [0.3, 0.4) is 0 Å². The minimum atomic E-state index is -0.607. The molecule has 0 saturated heterocycles. The maximum absolute atomic E-state index is 12.0. The first kappa shape index (κ1) is 22.8. The van der Waals surface area contributed by atoms with Crippen molar-refractivity contribution in [1.82, 2.24) is 14.8 Å². The smallest absolute Gasteiger partial charge is 0.365 e. The van der Waals surface area contributed by atoms with E-state index in [0.717, 1.165) is 11.4 Å². The molecule has 0 radical (unpaired) electrons.